The molecule has 0 atom stereocenters. The van der Waals surface area contributed by atoms with Crippen LogP contribution in [-0.4, -0.2) is 0 Å². The summed E-state index contributed by atoms with van der Waals surface area (Å²) in [6, 6.07) is 19.6. The van der Waals surface area contributed by atoms with Crippen molar-refractivity contribution in [2.45, 2.75) is 5.41 Å². The summed E-state index contributed by atoms with van der Waals surface area (Å²) in [7, 11) is 0. The Morgan fingerprint density at radius 2 is 1.12 bits per heavy atom. The molecule has 1 aliphatic carbocycles. The molecule has 0 radical (unpaired) electrons. The second-order valence-electron chi connectivity index (χ2n) is 4.06. The van der Waals surface area contributed by atoms with Crippen LogP contribution in [0.15, 0.2) is 48.5 Å². The molecule has 2 heteroatoms. The summed E-state index contributed by atoms with van der Waals surface area (Å²) < 4.78 is 0. The SMILES string of the molecule is N#CC1(C#N)c2ccccc2-c2ccccc21. The fourth-order valence-corrected chi connectivity index (χ4v) is 2.50. The molecular weight excluding hydrogens is 208 g/mol. The molecule has 0 saturated heterocycles. The Bertz CT molecular complexity index is 625. The van der Waals surface area contributed by atoms with Crippen LogP contribution in [-0.2, 0) is 5.41 Å². The third-order valence-corrected chi connectivity index (χ3v) is 3.29. The highest BCUT2D eigenvalue weighted by Gasteiger charge is 2.43. The molecular formula is C15H8N2. The Kier molecular flexibility index (Phi) is 1.82. The first-order chi connectivity index (χ1) is 8.33. The number of fused-ring (bicyclic) bond motifs is 3. The van der Waals surface area contributed by atoms with Gasteiger partial charge in [-0.25, -0.2) is 0 Å². The molecule has 0 saturated carbocycles. The summed E-state index contributed by atoms with van der Waals surface area (Å²) in [4.78, 5) is 0. The standard InChI is InChI=1S/C15H8N2/c16-9-15(10-17)13-7-3-1-5-11(13)12-6-2-4-8-14(12)15/h1-8H. The molecule has 0 bridgehead atoms. The zero-order chi connectivity index (χ0) is 11.9. The molecule has 0 aromatic heterocycles. The van der Waals surface area contributed by atoms with Crippen LogP contribution in [0, 0.1) is 22.7 Å². The number of nitrogens with zero attached hydrogens (tertiary/aromatic N) is 2. The molecule has 2 aromatic carbocycles. The maximum atomic E-state index is 9.44. The number of hydrogen-bond acceptors (Lipinski definition) is 2. The summed E-state index contributed by atoms with van der Waals surface area (Å²) >= 11 is 0. The van der Waals surface area contributed by atoms with Gasteiger partial charge in [0.15, 0.2) is 5.41 Å². The zero-order valence-electron chi connectivity index (χ0n) is 9.01. The van der Waals surface area contributed by atoms with E-state index in [4.69, 9.17) is 0 Å². The minimum Gasteiger partial charge on any atom is -0.196 e. The molecule has 0 amide bonds. The average Bonchev–Trinajstić information content (AvgIpc) is 2.70. The Hall–Kier alpha value is -2.58. The van der Waals surface area contributed by atoms with Gasteiger partial charge in [-0.2, -0.15) is 10.5 Å². The third-order valence-electron chi connectivity index (χ3n) is 3.29. The van der Waals surface area contributed by atoms with Gasteiger partial charge in [0.1, 0.15) is 0 Å². The summed E-state index contributed by atoms with van der Waals surface area (Å²) in [5.74, 6) is 0. The van der Waals surface area contributed by atoms with E-state index in [1.807, 2.05) is 48.5 Å². The molecule has 17 heavy (non-hydrogen) atoms. The van der Waals surface area contributed by atoms with Gasteiger partial charge in [-0.1, -0.05) is 48.5 Å². The van der Waals surface area contributed by atoms with Gasteiger partial charge in [-0.15, -0.1) is 0 Å². The Labute approximate surface area is 99.4 Å². The van der Waals surface area contributed by atoms with Crippen molar-refractivity contribution in [1.29, 1.82) is 10.5 Å². The Morgan fingerprint density at radius 1 is 0.706 bits per heavy atom. The lowest BCUT2D eigenvalue weighted by Crippen LogP contribution is -2.19. The van der Waals surface area contributed by atoms with Gasteiger partial charge in [0.2, 0.25) is 0 Å². The molecule has 3 rings (SSSR count). The van der Waals surface area contributed by atoms with Gasteiger partial charge in [-0.3, -0.25) is 0 Å². The lowest BCUT2D eigenvalue weighted by Gasteiger charge is -2.13. The largest absolute Gasteiger partial charge is 0.196 e. The minimum atomic E-state index is -1.15. The lowest BCUT2D eigenvalue weighted by molar-refractivity contribution is 0.878. The number of benzene rings is 2. The molecule has 0 unspecified atom stereocenters. The van der Waals surface area contributed by atoms with Crippen molar-refractivity contribution < 1.29 is 0 Å². The maximum Gasteiger partial charge on any atom is 0.194 e. The van der Waals surface area contributed by atoms with Crippen LogP contribution >= 0.6 is 0 Å². The first-order valence-corrected chi connectivity index (χ1v) is 5.35. The highest BCUT2D eigenvalue weighted by atomic mass is 14.5. The normalized spacial score (nSPS) is 14.2. The molecule has 0 spiro atoms. The molecule has 2 aromatic rings. The lowest BCUT2D eigenvalue weighted by atomic mass is 9.81. The Balaban J connectivity index is 2.49. The van der Waals surface area contributed by atoms with Gasteiger partial charge < -0.3 is 0 Å². The van der Waals surface area contributed by atoms with Crippen LogP contribution in [0.5, 0.6) is 0 Å². The van der Waals surface area contributed by atoms with Crippen molar-refractivity contribution in [1.82, 2.24) is 0 Å². The summed E-state index contributed by atoms with van der Waals surface area (Å²) in [6.45, 7) is 0. The summed E-state index contributed by atoms with van der Waals surface area (Å²) in [5, 5.41) is 18.9. The molecule has 0 fully saturated rings. The first-order valence-electron chi connectivity index (χ1n) is 5.35. The van der Waals surface area contributed by atoms with E-state index in [2.05, 4.69) is 12.1 Å². The minimum absolute atomic E-state index is 0.797. The smallest absolute Gasteiger partial charge is 0.194 e. The molecule has 1 aliphatic rings. The molecule has 0 N–H and O–H groups in total. The van der Waals surface area contributed by atoms with Crippen LogP contribution in [0.3, 0.4) is 0 Å². The van der Waals surface area contributed by atoms with Crippen LogP contribution < -0.4 is 0 Å². The van der Waals surface area contributed by atoms with E-state index in [9.17, 15) is 10.5 Å². The van der Waals surface area contributed by atoms with Gasteiger partial charge in [0.05, 0.1) is 12.1 Å². The summed E-state index contributed by atoms with van der Waals surface area (Å²) in [5.41, 5.74) is 2.43. The second-order valence-corrected chi connectivity index (χ2v) is 4.06. The van der Waals surface area contributed by atoms with E-state index in [1.165, 1.54) is 0 Å². The van der Waals surface area contributed by atoms with Gasteiger partial charge in [0, 0.05) is 0 Å². The van der Waals surface area contributed by atoms with Crippen molar-refractivity contribution in [3.63, 3.8) is 0 Å². The van der Waals surface area contributed by atoms with Gasteiger partial charge >= 0.3 is 0 Å². The fourth-order valence-electron chi connectivity index (χ4n) is 2.50. The number of nitriles is 2. The monoisotopic (exact) mass is 216 g/mol. The van der Waals surface area contributed by atoms with E-state index < -0.39 is 5.41 Å². The predicted molar refractivity (Wildman–Crippen MR) is 63.9 cm³/mol. The zero-order valence-corrected chi connectivity index (χ0v) is 9.01. The van der Waals surface area contributed by atoms with Crippen LogP contribution in [0.1, 0.15) is 11.1 Å². The van der Waals surface area contributed by atoms with Crippen molar-refractivity contribution in [3.05, 3.63) is 59.7 Å². The highest BCUT2D eigenvalue weighted by Crippen LogP contribution is 2.47. The van der Waals surface area contributed by atoms with Gasteiger partial charge in [0.25, 0.3) is 0 Å². The number of rotatable bonds is 0. The van der Waals surface area contributed by atoms with Crippen molar-refractivity contribution in [3.8, 4) is 23.3 Å². The van der Waals surface area contributed by atoms with E-state index in [1.54, 1.807) is 0 Å². The van der Waals surface area contributed by atoms with E-state index in [0.29, 0.717) is 0 Å². The highest BCUT2D eigenvalue weighted by molar-refractivity contribution is 5.84. The second kappa shape index (κ2) is 3.20. The van der Waals surface area contributed by atoms with E-state index >= 15 is 0 Å². The average molecular weight is 216 g/mol. The van der Waals surface area contributed by atoms with Crippen molar-refractivity contribution in [2.24, 2.45) is 0 Å². The molecule has 2 nitrogen and oxygen atoms in total. The van der Waals surface area contributed by atoms with Gasteiger partial charge in [-0.05, 0) is 22.3 Å². The summed E-state index contributed by atoms with van der Waals surface area (Å²) in [6.07, 6.45) is 0. The predicted octanol–water partition coefficient (Wildman–Crippen LogP) is 3.00. The topological polar surface area (TPSA) is 47.6 Å². The van der Waals surface area contributed by atoms with Crippen LogP contribution in [0.2, 0.25) is 0 Å². The molecule has 0 heterocycles. The fraction of sp³-hybridized carbons (Fsp3) is 0.0667. The van der Waals surface area contributed by atoms with Crippen LogP contribution in [0.25, 0.3) is 11.1 Å². The third kappa shape index (κ3) is 1.02. The van der Waals surface area contributed by atoms with Crippen molar-refractivity contribution >= 4 is 0 Å². The Morgan fingerprint density at radius 3 is 1.53 bits per heavy atom. The van der Waals surface area contributed by atoms with E-state index in [-0.39, 0.29) is 0 Å². The van der Waals surface area contributed by atoms with E-state index in [0.717, 1.165) is 22.3 Å². The van der Waals surface area contributed by atoms with Crippen molar-refractivity contribution in [2.75, 3.05) is 0 Å². The molecule has 0 aliphatic heterocycles. The van der Waals surface area contributed by atoms with Crippen LogP contribution in [0.4, 0.5) is 0 Å². The number of hydrogen-bond donors (Lipinski definition) is 0. The maximum absolute atomic E-state index is 9.44. The quantitative estimate of drug-likeness (QED) is 0.679. The first kappa shape index (κ1) is 9.63. The molecule has 78 valence electrons.